The first-order valence-electron chi connectivity index (χ1n) is 6.83. The monoisotopic (exact) mass is 234 g/mol. The van der Waals surface area contributed by atoms with Gasteiger partial charge in [0.15, 0.2) is 0 Å². The maximum atomic E-state index is 11.5. The van der Waals surface area contributed by atoms with Crippen molar-refractivity contribution in [3.63, 3.8) is 0 Å². The van der Waals surface area contributed by atoms with E-state index < -0.39 is 5.97 Å². The normalized spacial score (nSPS) is 42.8. The highest BCUT2D eigenvalue weighted by atomic mass is 16.4. The van der Waals surface area contributed by atoms with Crippen molar-refractivity contribution in [1.29, 1.82) is 0 Å². The molecule has 0 aromatic heterocycles. The van der Waals surface area contributed by atoms with Crippen LogP contribution in [0.3, 0.4) is 0 Å². The molecular weight excluding hydrogens is 212 g/mol. The maximum Gasteiger partial charge on any atom is 0.307 e. The van der Waals surface area contributed by atoms with Crippen LogP contribution in [0.4, 0.5) is 0 Å². The van der Waals surface area contributed by atoms with Crippen LogP contribution in [-0.2, 0) is 4.79 Å². The van der Waals surface area contributed by atoms with Gasteiger partial charge in [-0.2, -0.15) is 0 Å². The molecule has 0 aliphatic heterocycles. The van der Waals surface area contributed by atoms with Crippen molar-refractivity contribution < 1.29 is 9.90 Å². The summed E-state index contributed by atoms with van der Waals surface area (Å²) >= 11 is 0. The van der Waals surface area contributed by atoms with Crippen LogP contribution >= 0.6 is 0 Å². The molecular formula is C15H22O2. The molecule has 1 spiro atoms. The topological polar surface area (TPSA) is 37.3 Å². The number of aliphatic carboxylic acids is 1. The molecule has 0 heterocycles. The summed E-state index contributed by atoms with van der Waals surface area (Å²) < 4.78 is 0. The van der Waals surface area contributed by atoms with Gasteiger partial charge < -0.3 is 5.11 Å². The standard InChI is InChI=1S/C15H22O2/c1-9-11-4-5-12(13(16)17)15(11)7-6-10(8-15)14(9,2)3/h10,12H,4-8H2,1-3H3,(H,16,17)/t10-,12+,15-/m1/s1. The zero-order valence-corrected chi connectivity index (χ0v) is 11.0. The average Bonchev–Trinajstić information content (AvgIpc) is 2.81. The van der Waals surface area contributed by atoms with Gasteiger partial charge in [-0.1, -0.05) is 25.0 Å². The zero-order chi connectivity index (χ0) is 12.4. The number of carboxylic acids is 1. The Morgan fingerprint density at radius 1 is 1.35 bits per heavy atom. The predicted octanol–water partition coefficient (Wildman–Crippen LogP) is 3.62. The van der Waals surface area contributed by atoms with Crippen molar-refractivity contribution in [1.82, 2.24) is 0 Å². The van der Waals surface area contributed by atoms with Gasteiger partial charge in [0.2, 0.25) is 0 Å². The molecule has 0 radical (unpaired) electrons. The number of fused-ring (bicyclic) bond motifs is 1. The maximum absolute atomic E-state index is 11.5. The Kier molecular flexibility index (Phi) is 2.10. The van der Waals surface area contributed by atoms with Gasteiger partial charge >= 0.3 is 5.97 Å². The SMILES string of the molecule is CC1=C2CC[C@@H](C(=O)O)[C@@]23CC[C@H](C3)C1(C)C. The molecule has 2 nitrogen and oxygen atoms in total. The third-order valence-electron chi connectivity index (χ3n) is 6.24. The van der Waals surface area contributed by atoms with Gasteiger partial charge in [-0.25, -0.2) is 0 Å². The van der Waals surface area contributed by atoms with Gasteiger partial charge in [0.25, 0.3) is 0 Å². The second-order valence-electron chi connectivity index (χ2n) is 6.85. The summed E-state index contributed by atoms with van der Waals surface area (Å²) in [6, 6.07) is 0. The van der Waals surface area contributed by atoms with Crippen molar-refractivity contribution in [2.45, 2.75) is 52.9 Å². The summed E-state index contributed by atoms with van der Waals surface area (Å²) in [5.74, 6) is 0.0351. The molecule has 0 unspecified atom stereocenters. The molecule has 0 aromatic carbocycles. The smallest absolute Gasteiger partial charge is 0.307 e. The molecule has 3 aliphatic rings. The first kappa shape index (κ1) is 11.3. The van der Waals surface area contributed by atoms with Gasteiger partial charge in [0, 0.05) is 5.41 Å². The number of allylic oxidation sites excluding steroid dienone is 2. The van der Waals surface area contributed by atoms with Crippen LogP contribution in [-0.4, -0.2) is 11.1 Å². The van der Waals surface area contributed by atoms with Crippen LogP contribution in [0.1, 0.15) is 52.9 Å². The van der Waals surface area contributed by atoms with Gasteiger partial charge in [-0.05, 0) is 50.4 Å². The van der Waals surface area contributed by atoms with Crippen molar-refractivity contribution in [3.8, 4) is 0 Å². The lowest BCUT2D eigenvalue weighted by molar-refractivity contribution is -0.145. The van der Waals surface area contributed by atoms with E-state index in [1.165, 1.54) is 17.6 Å². The van der Waals surface area contributed by atoms with Crippen molar-refractivity contribution in [3.05, 3.63) is 11.1 Å². The van der Waals surface area contributed by atoms with Crippen molar-refractivity contribution in [2.75, 3.05) is 0 Å². The van der Waals surface area contributed by atoms with E-state index in [2.05, 4.69) is 20.8 Å². The molecule has 94 valence electrons. The molecule has 3 aliphatic carbocycles. The van der Waals surface area contributed by atoms with E-state index >= 15 is 0 Å². The number of carbonyl (C=O) groups is 1. The van der Waals surface area contributed by atoms with Crippen LogP contribution in [0.15, 0.2) is 11.1 Å². The molecule has 3 atom stereocenters. The Morgan fingerprint density at radius 2 is 2.06 bits per heavy atom. The summed E-state index contributed by atoms with van der Waals surface area (Å²) in [6.07, 6.45) is 5.36. The minimum atomic E-state index is -0.562. The van der Waals surface area contributed by atoms with Gasteiger partial charge in [-0.15, -0.1) is 0 Å². The third-order valence-corrected chi connectivity index (χ3v) is 6.24. The molecule has 2 bridgehead atoms. The summed E-state index contributed by atoms with van der Waals surface area (Å²) in [5.41, 5.74) is 3.37. The highest BCUT2D eigenvalue weighted by Crippen LogP contribution is 2.67. The minimum absolute atomic E-state index is 0.0517. The van der Waals surface area contributed by atoms with E-state index in [4.69, 9.17) is 0 Å². The van der Waals surface area contributed by atoms with Crippen LogP contribution in [0.2, 0.25) is 0 Å². The van der Waals surface area contributed by atoms with E-state index in [9.17, 15) is 9.90 Å². The van der Waals surface area contributed by atoms with Crippen molar-refractivity contribution >= 4 is 5.97 Å². The molecule has 0 aromatic rings. The van der Waals surface area contributed by atoms with E-state index in [0.717, 1.165) is 25.7 Å². The number of hydrogen-bond donors (Lipinski definition) is 1. The van der Waals surface area contributed by atoms with Gasteiger partial charge in [0.05, 0.1) is 5.92 Å². The lowest BCUT2D eigenvalue weighted by atomic mass is 9.60. The fourth-order valence-corrected chi connectivity index (χ4v) is 4.92. The molecule has 17 heavy (non-hydrogen) atoms. The van der Waals surface area contributed by atoms with E-state index in [0.29, 0.717) is 11.3 Å². The van der Waals surface area contributed by atoms with E-state index in [1.54, 1.807) is 0 Å². The fraction of sp³-hybridized carbons (Fsp3) is 0.800. The second kappa shape index (κ2) is 3.15. The second-order valence-corrected chi connectivity index (χ2v) is 6.85. The minimum Gasteiger partial charge on any atom is -0.481 e. The first-order valence-corrected chi connectivity index (χ1v) is 6.83. The quantitative estimate of drug-likeness (QED) is 0.703. The van der Waals surface area contributed by atoms with Crippen LogP contribution in [0.25, 0.3) is 0 Å². The van der Waals surface area contributed by atoms with Crippen LogP contribution in [0, 0.1) is 22.7 Å². The molecule has 0 saturated heterocycles. The number of hydrogen-bond acceptors (Lipinski definition) is 1. The molecule has 0 amide bonds. The molecule has 2 heteroatoms. The van der Waals surface area contributed by atoms with Gasteiger partial charge in [-0.3, -0.25) is 4.79 Å². The molecule has 2 saturated carbocycles. The average molecular weight is 234 g/mol. The van der Waals surface area contributed by atoms with Gasteiger partial charge in [0.1, 0.15) is 0 Å². The Labute approximate surface area is 103 Å². The van der Waals surface area contributed by atoms with E-state index in [-0.39, 0.29) is 11.3 Å². The number of carboxylic acid groups (broad SMARTS) is 1. The lowest BCUT2D eigenvalue weighted by Crippen LogP contribution is -2.37. The first-order chi connectivity index (χ1) is 7.89. The van der Waals surface area contributed by atoms with Crippen molar-refractivity contribution in [2.24, 2.45) is 22.7 Å². The molecule has 1 N–H and O–H groups in total. The Bertz CT molecular complexity index is 419. The summed E-state index contributed by atoms with van der Waals surface area (Å²) in [5, 5.41) is 9.46. The molecule has 3 rings (SSSR count). The largest absolute Gasteiger partial charge is 0.481 e. The Morgan fingerprint density at radius 3 is 2.71 bits per heavy atom. The summed E-state index contributed by atoms with van der Waals surface area (Å²) in [6.45, 7) is 6.96. The summed E-state index contributed by atoms with van der Waals surface area (Å²) in [7, 11) is 0. The third kappa shape index (κ3) is 1.19. The highest BCUT2D eigenvalue weighted by Gasteiger charge is 2.60. The van der Waals surface area contributed by atoms with Crippen LogP contribution in [0.5, 0.6) is 0 Å². The number of rotatable bonds is 1. The predicted molar refractivity (Wildman–Crippen MR) is 66.6 cm³/mol. The Hall–Kier alpha value is -0.790. The van der Waals surface area contributed by atoms with Crippen LogP contribution < -0.4 is 0 Å². The highest BCUT2D eigenvalue weighted by molar-refractivity contribution is 5.73. The van der Waals surface area contributed by atoms with E-state index in [1.807, 2.05) is 0 Å². The fourth-order valence-electron chi connectivity index (χ4n) is 4.92. The summed E-state index contributed by atoms with van der Waals surface area (Å²) in [4.78, 5) is 11.5. The Balaban J connectivity index is 2.15. The molecule has 2 fully saturated rings. The zero-order valence-electron chi connectivity index (χ0n) is 11.0. The lowest BCUT2D eigenvalue weighted by Gasteiger charge is -2.44.